The van der Waals surface area contributed by atoms with Gasteiger partial charge in [0.15, 0.2) is 11.8 Å². The van der Waals surface area contributed by atoms with Crippen molar-refractivity contribution in [3.05, 3.63) is 34.0 Å². The maximum Gasteiger partial charge on any atom is 0.390 e. The van der Waals surface area contributed by atoms with Crippen LogP contribution in [0.4, 0.5) is 13.2 Å². The second kappa shape index (κ2) is 10.7. The Labute approximate surface area is 171 Å². The lowest BCUT2D eigenvalue weighted by Crippen LogP contribution is -2.40. The summed E-state index contributed by atoms with van der Waals surface area (Å²) in [5.41, 5.74) is 0. The summed E-state index contributed by atoms with van der Waals surface area (Å²) in [5, 5.41) is 15.7. The number of aryl methyl sites for hydroxylation is 1. The summed E-state index contributed by atoms with van der Waals surface area (Å²) in [6, 6.07) is 3.98. The van der Waals surface area contributed by atoms with Gasteiger partial charge in [-0.05, 0) is 24.8 Å². The van der Waals surface area contributed by atoms with Gasteiger partial charge in [-0.2, -0.15) is 13.2 Å². The Bertz CT molecular complexity index is 684. The number of aromatic nitrogens is 3. The van der Waals surface area contributed by atoms with E-state index in [4.69, 9.17) is 0 Å². The molecule has 2 aromatic heterocycles. The normalized spacial score (nSPS) is 12.0. The third-order valence-corrected chi connectivity index (χ3v) is 4.44. The zero-order chi connectivity index (χ0) is 18.3. The van der Waals surface area contributed by atoms with Crippen molar-refractivity contribution in [2.45, 2.75) is 32.5 Å². The van der Waals surface area contributed by atoms with Crippen molar-refractivity contribution < 1.29 is 13.2 Å². The fraction of sp³-hybridized carbons (Fsp3) is 0.533. The number of thiophene rings is 1. The molecular formula is C15H22F3IN6S. The molecule has 2 heterocycles. The lowest BCUT2D eigenvalue weighted by molar-refractivity contribution is -0.132. The third kappa shape index (κ3) is 7.89. The molecule has 0 atom stereocenters. The largest absolute Gasteiger partial charge is 0.390 e. The molecule has 6 nitrogen and oxygen atoms in total. The maximum absolute atomic E-state index is 12.3. The average molecular weight is 502 g/mol. The monoisotopic (exact) mass is 502 g/mol. The van der Waals surface area contributed by atoms with E-state index in [1.54, 1.807) is 15.9 Å². The van der Waals surface area contributed by atoms with Crippen LogP contribution in [-0.4, -0.2) is 40.0 Å². The van der Waals surface area contributed by atoms with E-state index in [0.717, 1.165) is 12.2 Å². The highest BCUT2D eigenvalue weighted by atomic mass is 127. The molecule has 2 rings (SSSR count). The molecule has 0 aliphatic carbocycles. The van der Waals surface area contributed by atoms with E-state index in [1.165, 1.54) is 4.88 Å². The number of alkyl halides is 3. The standard InChI is InChI=1S/C15H21F3N6S.HI/c1-11-22-23-13(24(11)2)10-21-14(20-8-6-15(16,17)18)19-7-5-12-4-3-9-25-12;/h3-4,9H,5-8,10H2,1-2H3,(H2,19,20,21);1H. The lowest BCUT2D eigenvalue weighted by atomic mass is 10.3. The first-order valence-electron chi connectivity index (χ1n) is 7.81. The fourth-order valence-electron chi connectivity index (χ4n) is 1.99. The van der Waals surface area contributed by atoms with Crippen LogP contribution in [0.5, 0.6) is 0 Å². The van der Waals surface area contributed by atoms with Crippen LogP contribution in [0.1, 0.15) is 22.9 Å². The van der Waals surface area contributed by atoms with Crippen LogP contribution in [-0.2, 0) is 20.0 Å². The van der Waals surface area contributed by atoms with Gasteiger partial charge in [-0.1, -0.05) is 6.07 Å². The van der Waals surface area contributed by atoms with Crippen molar-refractivity contribution in [2.75, 3.05) is 13.1 Å². The van der Waals surface area contributed by atoms with Crippen LogP contribution >= 0.6 is 35.3 Å². The molecule has 0 aliphatic heterocycles. The average Bonchev–Trinajstić information content (AvgIpc) is 3.15. The molecular weight excluding hydrogens is 480 g/mol. The minimum atomic E-state index is -4.20. The van der Waals surface area contributed by atoms with Gasteiger partial charge in [0.1, 0.15) is 12.4 Å². The Hall–Kier alpha value is -1.37. The number of hydrogen-bond donors (Lipinski definition) is 2. The number of aliphatic imine (C=N–C) groups is 1. The number of nitrogens with one attached hydrogen (secondary N) is 2. The molecule has 0 radical (unpaired) electrons. The van der Waals surface area contributed by atoms with E-state index in [-0.39, 0.29) is 37.1 Å². The molecule has 0 saturated carbocycles. The fourth-order valence-corrected chi connectivity index (χ4v) is 2.70. The molecule has 26 heavy (non-hydrogen) atoms. The van der Waals surface area contributed by atoms with Gasteiger partial charge in [-0.3, -0.25) is 0 Å². The van der Waals surface area contributed by atoms with Gasteiger partial charge in [-0.25, -0.2) is 4.99 Å². The van der Waals surface area contributed by atoms with Crippen molar-refractivity contribution in [1.82, 2.24) is 25.4 Å². The molecule has 0 saturated heterocycles. The number of hydrogen-bond acceptors (Lipinski definition) is 4. The molecule has 0 spiro atoms. The predicted molar refractivity (Wildman–Crippen MR) is 107 cm³/mol. The van der Waals surface area contributed by atoms with Crippen molar-refractivity contribution >= 4 is 41.3 Å². The summed E-state index contributed by atoms with van der Waals surface area (Å²) in [6.45, 7) is 2.40. The number of nitrogens with zero attached hydrogens (tertiary/aromatic N) is 4. The van der Waals surface area contributed by atoms with Crippen LogP contribution < -0.4 is 10.6 Å². The lowest BCUT2D eigenvalue weighted by Gasteiger charge is -2.13. The van der Waals surface area contributed by atoms with Gasteiger partial charge in [-0.15, -0.1) is 45.5 Å². The van der Waals surface area contributed by atoms with Gasteiger partial charge in [0.2, 0.25) is 0 Å². The van der Waals surface area contributed by atoms with Crippen LogP contribution in [0, 0.1) is 6.92 Å². The van der Waals surface area contributed by atoms with E-state index in [0.29, 0.717) is 18.3 Å². The van der Waals surface area contributed by atoms with Crippen LogP contribution in [0.15, 0.2) is 22.5 Å². The van der Waals surface area contributed by atoms with Crippen LogP contribution in [0.3, 0.4) is 0 Å². The number of halogens is 4. The van der Waals surface area contributed by atoms with Gasteiger partial charge in [0.25, 0.3) is 0 Å². The second-order valence-electron chi connectivity index (χ2n) is 5.44. The Kier molecular flexibility index (Phi) is 9.33. The molecule has 2 aromatic rings. The quantitative estimate of drug-likeness (QED) is 0.347. The molecule has 0 fully saturated rings. The Balaban J connectivity index is 0.00000338. The first-order valence-corrected chi connectivity index (χ1v) is 8.69. The smallest absolute Gasteiger partial charge is 0.356 e. The Morgan fingerprint density at radius 3 is 2.58 bits per heavy atom. The van der Waals surface area contributed by atoms with E-state index >= 15 is 0 Å². The van der Waals surface area contributed by atoms with Crippen LogP contribution in [0.25, 0.3) is 0 Å². The summed E-state index contributed by atoms with van der Waals surface area (Å²) >= 11 is 1.64. The first kappa shape index (κ1) is 22.7. The zero-order valence-corrected chi connectivity index (χ0v) is 17.7. The van der Waals surface area contributed by atoms with E-state index in [1.807, 2.05) is 31.5 Å². The molecule has 0 aromatic carbocycles. The summed E-state index contributed by atoms with van der Waals surface area (Å²) in [4.78, 5) is 5.51. The molecule has 0 amide bonds. The first-order chi connectivity index (χ1) is 11.8. The zero-order valence-electron chi connectivity index (χ0n) is 14.5. The summed E-state index contributed by atoms with van der Waals surface area (Å²) in [5.74, 6) is 1.73. The molecule has 0 unspecified atom stereocenters. The van der Waals surface area contributed by atoms with Gasteiger partial charge in [0, 0.05) is 25.0 Å². The Morgan fingerprint density at radius 1 is 1.27 bits per heavy atom. The number of guanidine groups is 1. The minimum Gasteiger partial charge on any atom is -0.356 e. The molecule has 0 aliphatic rings. The number of rotatable bonds is 7. The van der Waals surface area contributed by atoms with Crippen molar-refractivity contribution in [2.24, 2.45) is 12.0 Å². The van der Waals surface area contributed by atoms with E-state index in [2.05, 4.69) is 25.8 Å². The van der Waals surface area contributed by atoms with E-state index in [9.17, 15) is 13.2 Å². The second-order valence-corrected chi connectivity index (χ2v) is 6.47. The van der Waals surface area contributed by atoms with Gasteiger partial charge < -0.3 is 15.2 Å². The summed E-state index contributed by atoms with van der Waals surface area (Å²) in [6.07, 6.45) is -4.34. The van der Waals surface area contributed by atoms with Gasteiger partial charge >= 0.3 is 6.18 Å². The molecule has 2 N–H and O–H groups in total. The summed E-state index contributed by atoms with van der Waals surface area (Å²) in [7, 11) is 1.82. The minimum absolute atomic E-state index is 0. The molecule has 11 heteroatoms. The predicted octanol–water partition coefficient (Wildman–Crippen LogP) is 3.03. The van der Waals surface area contributed by atoms with Crippen molar-refractivity contribution in [1.29, 1.82) is 0 Å². The highest BCUT2D eigenvalue weighted by Crippen LogP contribution is 2.18. The highest BCUT2D eigenvalue weighted by molar-refractivity contribution is 14.0. The van der Waals surface area contributed by atoms with Crippen LogP contribution in [0.2, 0.25) is 0 Å². The topological polar surface area (TPSA) is 67.1 Å². The Morgan fingerprint density at radius 2 is 2.00 bits per heavy atom. The van der Waals surface area contributed by atoms with Crippen molar-refractivity contribution in [3.63, 3.8) is 0 Å². The molecule has 146 valence electrons. The van der Waals surface area contributed by atoms with Gasteiger partial charge in [0.05, 0.1) is 6.42 Å². The summed E-state index contributed by atoms with van der Waals surface area (Å²) < 4.78 is 38.8. The maximum atomic E-state index is 12.3. The molecule has 0 bridgehead atoms. The third-order valence-electron chi connectivity index (χ3n) is 3.51. The van der Waals surface area contributed by atoms with Crippen molar-refractivity contribution in [3.8, 4) is 0 Å². The highest BCUT2D eigenvalue weighted by Gasteiger charge is 2.26. The SMILES string of the molecule is Cc1nnc(CN=C(NCCc2cccs2)NCCC(F)(F)F)n1C.I. The van der Waals surface area contributed by atoms with E-state index < -0.39 is 12.6 Å².